The second-order valence-corrected chi connectivity index (χ2v) is 5.79. The molecule has 0 aliphatic rings. The summed E-state index contributed by atoms with van der Waals surface area (Å²) in [5, 5.41) is 0. The smallest absolute Gasteiger partial charge is 0.132 e. The molecular formula is C16H17BrF2N2. The highest BCUT2D eigenvalue weighted by molar-refractivity contribution is 9.10. The van der Waals surface area contributed by atoms with E-state index < -0.39 is 17.7 Å². The van der Waals surface area contributed by atoms with Gasteiger partial charge in [-0.15, -0.1) is 0 Å². The van der Waals surface area contributed by atoms with E-state index >= 15 is 0 Å². The monoisotopic (exact) mass is 354 g/mol. The van der Waals surface area contributed by atoms with Crippen molar-refractivity contribution < 1.29 is 8.78 Å². The summed E-state index contributed by atoms with van der Waals surface area (Å²) in [6.45, 7) is 2.10. The number of aryl methyl sites for hydroxylation is 1. The van der Waals surface area contributed by atoms with Crippen LogP contribution in [-0.2, 0) is 6.42 Å². The lowest BCUT2D eigenvalue weighted by atomic mass is 9.96. The van der Waals surface area contributed by atoms with E-state index in [0.717, 1.165) is 18.4 Å². The molecule has 5 heteroatoms. The highest BCUT2D eigenvalue weighted by atomic mass is 79.9. The molecule has 21 heavy (non-hydrogen) atoms. The Kier molecular flexibility index (Phi) is 5.45. The van der Waals surface area contributed by atoms with Gasteiger partial charge in [-0.1, -0.05) is 53.5 Å². The highest BCUT2D eigenvalue weighted by Crippen LogP contribution is 2.29. The van der Waals surface area contributed by atoms with Crippen LogP contribution in [0, 0.1) is 11.6 Å². The van der Waals surface area contributed by atoms with Gasteiger partial charge in [0.2, 0.25) is 0 Å². The number of rotatable bonds is 5. The molecule has 1 atom stereocenters. The van der Waals surface area contributed by atoms with E-state index in [2.05, 4.69) is 28.3 Å². The lowest BCUT2D eigenvalue weighted by Gasteiger charge is -2.19. The van der Waals surface area contributed by atoms with Crippen LogP contribution < -0.4 is 11.3 Å². The Bertz CT molecular complexity index is 591. The second-order valence-electron chi connectivity index (χ2n) is 4.87. The summed E-state index contributed by atoms with van der Waals surface area (Å²) in [6.07, 6.45) is 2.02. The molecule has 112 valence electrons. The summed E-state index contributed by atoms with van der Waals surface area (Å²) in [5.74, 6) is 4.24. The van der Waals surface area contributed by atoms with Crippen molar-refractivity contribution in [2.45, 2.75) is 25.8 Å². The van der Waals surface area contributed by atoms with Crippen LogP contribution >= 0.6 is 15.9 Å². The van der Waals surface area contributed by atoms with Crippen molar-refractivity contribution in [3.05, 3.63) is 69.2 Å². The van der Waals surface area contributed by atoms with Crippen molar-refractivity contribution in [3.63, 3.8) is 0 Å². The van der Waals surface area contributed by atoms with Gasteiger partial charge >= 0.3 is 0 Å². The maximum Gasteiger partial charge on any atom is 0.132 e. The van der Waals surface area contributed by atoms with Gasteiger partial charge in [0.1, 0.15) is 11.6 Å². The molecular weight excluding hydrogens is 338 g/mol. The Morgan fingerprint density at radius 2 is 1.71 bits per heavy atom. The third-order valence-corrected chi connectivity index (χ3v) is 3.81. The van der Waals surface area contributed by atoms with Crippen LogP contribution in [-0.4, -0.2) is 0 Å². The van der Waals surface area contributed by atoms with Gasteiger partial charge in [0.05, 0.1) is 6.04 Å². The molecule has 2 aromatic carbocycles. The normalized spacial score (nSPS) is 12.4. The number of hydrazine groups is 1. The summed E-state index contributed by atoms with van der Waals surface area (Å²) in [6, 6.07) is 9.33. The van der Waals surface area contributed by atoms with E-state index in [1.54, 1.807) is 0 Å². The number of hydrogen-bond donors (Lipinski definition) is 2. The third-order valence-electron chi connectivity index (χ3n) is 3.35. The van der Waals surface area contributed by atoms with E-state index in [-0.39, 0.29) is 5.56 Å². The maximum absolute atomic E-state index is 14.1. The number of nitrogens with one attached hydrogen (secondary N) is 1. The molecule has 0 heterocycles. The molecule has 3 N–H and O–H groups in total. The standard InChI is InChI=1S/C16H17BrF2N2/c1-2-3-10-4-6-11(7-5-10)16(21-20)15-13(18)8-12(17)9-14(15)19/h4-9,16,21H,2-3,20H2,1H3. The fourth-order valence-electron chi connectivity index (χ4n) is 2.34. The minimum Gasteiger partial charge on any atom is -0.271 e. The molecule has 2 aromatic rings. The zero-order valence-corrected chi connectivity index (χ0v) is 13.3. The first-order valence-electron chi connectivity index (χ1n) is 6.76. The predicted molar refractivity (Wildman–Crippen MR) is 83.7 cm³/mol. The molecule has 2 nitrogen and oxygen atoms in total. The predicted octanol–water partition coefficient (Wildman–Crippen LogP) is 4.23. The van der Waals surface area contributed by atoms with Crippen molar-refractivity contribution in [3.8, 4) is 0 Å². The van der Waals surface area contributed by atoms with E-state index in [0.29, 0.717) is 4.47 Å². The van der Waals surface area contributed by atoms with Crippen LogP contribution in [0.5, 0.6) is 0 Å². The highest BCUT2D eigenvalue weighted by Gasteiger charge is 2.21. The Hall–Kier alpha value is -1.30. The largest absolute Gasteiger partial charge is 0.271 e. The molecule has 1 unspecified atom stereocenters. The Morgan fingerprint density at radius 1 is 1.14 bits per heavy atom. The summed E-state index contributed by atoms with van der Waals surface area (Å²) in [7, 11) is 0. The van der Waals surface area contributed by atoms with Crippen molar-refractivity contribution in [1.82, 2.24) is 5.43 Å². The first-order chi connectivity index (χ1) is 10.1. The fraction of sp³-hybridized carbons (Fsp3) is 0.250. The van der Waals surface area contributed by atoms with Gasteiger partial charge in [-0.25, -0.2) is 14.2 Å². The summed E-state index contributed by atoms with van der Waals surface area (Å²) in [4.78, 5) is 0. The number of halogens is 3. The molecule has 0 bridgehead atoms. The minimum absolute atomic E-state index is 0.0797. The molecule has 0 radical (unpaired) electrons. The van der Waals surface area contributed by atoms with E-state index in [1.165, 1.54) is 17.7 Å². The average molecular weight is 355 g/mol. The van der Waals surface area contributed by atoms with E-state index in [1.807, 2.05) is 24.3 Å². The summed E-state index contributed by atoms with van der Waals surface area (Å²) in [5.41, 5.74) is 4.32. The Balaban J connectivity index is 2.40. The quantitative estimate of drug-likeness (QED) is 0.622. The molecule has 0 saturated heterocycles. The lowest BCUT2D eigenvalue weighted by Crippen LogP contribution is -2.30. The number of nitrogens with two attached hydrogens (primary N) is 1. The first-order valence-corrected chi connectivity index (χ1v) is 7.55. The van der Waals surface area contributed by atoms with Crippen LogP contribution in [0.4, 0.5) is 8.78 Å². The molecule has 0 aliphatic heterocycles. The van der Waals surface area contributed by atoms with Gasteiger partial charge in [0.15, 0.2) is 0 Å². The number of benzene rings is 2. The van der Waals surface area contributed by atoms with Gasteiger partial charge in [-0.05, 0) is 29.7 Å². The van der Waals surface area contributed by atoms with Crippen LogP contribution in [0.25, 0.3) is 0 Å². The van der Waals surface area contributed by atoms with Crippen LogP contribution in [0.3, 0.4) is 0 Å². The van der Waals surface area contributed by atoms with Gasteiger partial charge in [-0.3, -0.25) is 5.84 Å². The molecule has 2 rings (SSSR count). The molecule has 0 aromatic heterocycles. The van der Waals surface area contributed by atoms with Gasteiger partial charge in [0, 0.05) is 10.0 Å². The second kappa shape index (κ2) is 7.11. The Morgan fingerprint density at radius 3 is 2.19 bits per heavy atom. The third kappa shape index (κ3) is 3.67. The van der Waals surface area contributed by atoms with Gasteiger partial charge in [-0.2, -0.15) is 0 Å². The lowest BCUT2D eigenvalue weighted by molar-refractivity contribution is 0.509. The summed E-state index contributed by atoms with van der Waals surface area (Å²) >= 11 is 3.07. The fourth-order valence-corrected chi connectivity index (χ4v) is 2.74. The zero-order valence-electron chi connectivity index (χ0n) is 11.7. The van der Waals surface area contributed by atoms with Crippen LogP contribution in [0.1, 0.15) is 36.1 Å². The van der Waals surface area contributed by atoms with Gasteiger partial charge < -0.3 is 0 Å². The van der Waals surface area contributed by atoms with Crippen molar-refractivity contribution in [2.75, 3.05) is 0 Å². The molecule has 0 spiro atoms. The molecule has 0 fully saturated rings. The average Bonchev–Trinajstić information content (AvgIpc) is 2.44. The van der Waals surface area contributed by atoms with Crippen LogP contribution in [0.2, 0.25) is 0 Å². The minimum atomic E-state index is -0.728. The van der Waals surface area contributed by atoms with Crippen LogP contribution in [0.15, 0.2) is 40.9 Å². The summed E-state index contributed by atoms with van der Waals surface area (Å²) < 4.78 is 28.5. The van der Waals surface area contributed by atoms with Crippen molar-refractivity contribution in [1.29, 1.82) is 0 Å². The topological polar surface area (TPSA) is 38.0 Å². The number of hydrogen-bond acceptors (Lipinski definition) is 2. The van der Waals surface area contributed by atoms with Crippen molar-refractivity contribution >= 4 is 15.9 Å². The van der Waals surface area contributed by atoms with E-state index in [9.17, 15) is 8.78 Å². The van der Waals surface area contributed by atoms with Crippen molar-refractivity contribution in [2.24, 2.45) is 5.84 Å². The molecule has 0 amide bonds. The Labute approximate surface area is 131 Å². The SMILES string of the molecule is CCCc1ccc(C(NN)c2c(F)cc(Br)cc2F)cc1. The van der Waals surface area contributed by atoms with Gasteiger partial charge in [0.25, 0.3) is 0 Å². The molecule has 0 aliphatic carbocycles. The zero-order chi connectivity index (χ0) is 15.4. The van der Waals surface area contributed by atoms with E-state index in [4.69, 9.17) is 5.84 Å². The molecule has 0 saturated carbocycles. The maximum atomic E-state index is 14.1. The first kappa shape index (κ1) is 16.1.